The molecule has 2 fully saturated rings. The normalized spacial score (nSPS) is 23.3. The molecule has 152 valence electrons. The van der Waals surface area contributed by atoms with Crippen LogP contribution in [0.25, 0.3) is 0 Å². The van der Waals surface area contributed by atoms with Gasteiger partial charge in [0.05, 0.1) is 18.7 Å². The van der Waals surface area contributed by atoms with Crippen LogP contribution in [0.4, 0.5) is 0 Å². The van der Waals surface area contributed by atoms with Gasteiger partial charge in [-0.05, 0) is 56.9 Å². The first-order valence-corrected chi connectivity index (χ1v) is 10.6. The highest BCUT2D eigenvalue weighted by atomic mass is 79.9. The highest BCUT2D eigenvalue weighted by Crippen LogP contribution is 2.25. The first-order chi connectivity index (χ1) is 13.9. The molecule has 2 saturated heterocycles. The van der Waals surface area contributed by atoms with Crippen molar-refractivity contribution in [3.8, 4) is 18.4 Å². The largest absolute Gasteiger partial charge is 0.339 e. The molecule has 3 rings (SSSR count). The van der Waals surface area contributed by atoms with E-state index in [2.05, 4.69) is 40.2 Å². The summed E-state index contributed by atoms with van der Waals surface area (Å²) in [5.74, 6) is 2.52. The van der Waals surface area contributed by atoms with Crippen molar-refractivity contribution in [3.63, 3.8) is 0 Å². The van der Waals surface area contributed by atoms with Gasteiger partial charge in [-0.15, -0.1) is 6.42 Å². The van der Waals surface area contributed by atoms with E-state index >= 15 is 0 Å². The maximum absolute atomic E-state index is 12.7. The van der Waals surface area contributed by atoms with Crippen molar-refractivity contribution in [3.05, 3.63) is 34.3 Å². The minimum atomic E-state index is -0.441. The summed E-state index contributed by atoms with van der Waals surface area (Å²) in [7, 11) is 0. The summed E-state index contributed by atoms with van der Waals surface area (Å²) < 4.78 is 0.942. The Morgan fingerprint density at radius 3 is 2.45 bits per heavy atom. The van der Waals surface area contributed by atoms with Gasteiger partial charge in [0, 0.05) is 28.7 Å². The zero-order valence-corrected chi connectivity index (χ0v) is 18.1. The second-order valence-electron chi connectivity index (χ2n) is 7.92. The van der Waals surface area contributed by atoms with Crippen LogP contribution in [0.15, 0.2) is 28.7 Å². The van der Waals surface area contributed by atoms with E-state index in [9.17, 15) is 14.9 Å². The number of hydrogen-bond acceptors (Lipinski definition) is 4. The van der Waals surface area contributed by atoms with Crippen LogP contribution in [-0.4, -0.2) is 58.9 Å². The fraction of sp³-hybridized carbons (Fsp3) is 0.500. The van der Waals surface area contributed by atoms with Crippen molar-refractivity contribution in [1.82, 2.24) is 15.1 Å². The molecule has 1 aromatic rings. The number of nitrogens with zero attached hydrogens (tertiary/aromatic N) is 3. The number of halogens is 1. The molecule has 0 spiro atoms. The van der Waals surface area contributed by atoms with E-state index in [0.29, 0.717) is 31.5 Å². The third-order valence-corrected chi connectivity index (χ3v) is 6.45. The van der Waals surface area contributed by atoms with Crippen molar-refractivity contribution in [1.29, 1.82) is 5.26 Å². The molecular weight excluding hydrogens is 432 g/mol. The highest BCUT2D eigenvalue weighted by Gasteiger charge is 2.37. The van der Waals surface area contributed by atoms with Crippen LogP contribution < -0.4 is 5.32 Å². The fourth-order valence-corrected chi connectivity index (χ4v) is 4.25. The summed E-state index contributed by atoms with van der Waals surface area (Å²) >= 11 is 3.38. The number of amides is 2. The molecule has 1 N–H and O–H groups in total. The first-order valence-electron chi connectivity index (χ1n) is 9.84. The molecule has 1 aromatic carbocycles. The van der Waals surface area contributed by atoms with Crippen molar-refractivity contribution >= 4 is 27.7 Å². The lowest BCUT2D eigenvalue weighted by atomic mass is 9.89. The molecule has 0 bridgehead atoms. The third-order valence-electron chi connectivity index (χ3n) is 5.93. The van der Waals surface area contributed by atoms with Crippen molar-refractivity contribution in [2.24, 2.45) is 0 Å². The van der Waals surface area contributed by atoms with Crippen LogP contribution in [0.1, 0.15) is 43.0 Å². The molecule has 6 nitrogen and oxygen atoms in total. The Labute approximate surface area is 180 Å². The van der Waals surface area contributed by atoms with Gasteiger partial charge in [-0.25, -0.2) is 0 Å². The SMILES string of the molecule is C#CC1CCC(C#N)N1C(=O)CNC1(C)CCN(C(=O)c2ccc(Br)cc2)CC1. The molecule has 29 heavy (non-hydrogen) atoms. The smallest absolute Gasteiger partial charge is 0.253 e. The Morgan fingerprint density at radius 2 is 1.86 bits per heavy atom. The number of nitriles is 1. The monoisotopic (exact) mass is 456 g/mol. The van der Waals surface area contributed by atoms with E-state index in [1.54, 1.807) is 4.90 Å². The Hall–Kier alpha value is -2.35. The van der Waals surface area contributed by atoms with Crippen molar-refractivity contribution in [2.45, 2.75) is 50.2 Å². The predicted molar refractivity (Wildman–Crippen MR) is 114 cm³/mol. The molecule has 0 aliphatic carbocycles. The van der Waals surface area contributed by atoms with Crippen LogP contribution in [0.2, 0.25) is 0 Å². The average Bonchev–Trinajstić information content (AvgIpc) is 3.16. The minimum Gasteiger partial charge on any atom is -0.339 e. The summed E-state index contributed by atoms with van der Waals surface area (Å²) in [6, 6.07) is 8.81. The van der Waals surface area contributed by atoms with E-state index in [1.165, 1.54) is 0 Å². The maximum Gasteiger partial charge on any atom is 0.253 e. The fourth-order valence-electron chi connectivity index (χ4n) is 3.98. The molecule has 7 heteroatoms. The van der Waals surface area contributed by atoms with Gasteiger partial charge in [-0.3, -0.25) is 9.59 Å². The van der Waals surface area contributed by atoms with Crippen molar-refractivity contribution in [2.75, 3.05) is 19.6 Å². The zero-order valence-electron chi connectivity index (χ0n) is 16.5. The second-order valence-corrected chi connectivity index (χ2v) is 8.83. The molecule has 0 radical (unpaired) electrons. The van der Waals surface area contributed by atoms with Crippen LogP contribution >= 0.6 is 15.9 Å². The number of terminal acetylenes is 1. The Balaban J connectivity index is 1.53. The predicted octanol–water partition coefficient (Wildman–Crippen LogP) is 2.55. The van der Waals surface area contributed by atoms with E-state index in [0.717, 1.165) is 17.3 Å². The first kappa shape index (κ1) is 21.4. The summed E-state index contributed by atoms with van der Waals surface area (Å²) in [4.78, 5) is 28.8. The molecule has 2 aliphatic rings. The standard InChI is InChI=1S/C22H25BrN4O2/c1-3-18-8-9-19(14-24)27(18)20(28)15-25-22(2)10-12-26(13-11-22)21(29)16-4-6-17(23)7-5-16/h1,4-7,18-19,25H,8-13,15H2,2H3. The molecule has 2 aliphatic heterocycles. The van der Waals surface area contributed by atoms with Gasteiger partial charge in [-0.2, -0.15) is 5.26 Å². The quantitative estimate of drug-likeness (QED) is 0.706. The third kappa shape index (κ3) is 4.80. The Kier molecular flexibility index (Phi) is 6.62. The van der Waals surface area contributed by atoms with E-state index < -0.39 is 6.04 Å². The van der Waals surface area contributed by atoms with E-state index in [1.807, 2.05) is 29.2 Å². The van der Waals surface area contributed by atoms with E-state index in [-0.39, 0.29) is 29.9 Å². The number of nitrogens with one attached hydrogen (secondary N) is 1. The number of carbonyl (C=O) groups is 2. The Bertz CT molecular complexity index is 825. The van der Waals surface area contributed by atoms with Gasteiger partial charge in [0.1, 0.15) is 6.04 Å². The second kappa shape index (κ2) is 8.98. The maximum atomic E-state index is 12.7. The number of benzene rings is 1. The van der Waals surface area contributed by atoms with Crippen LogP contribution in [0, 0.1) is 23.7 Å². The molecule has 2 heterocycles. The van der Waals surface area contributed by atoms with Crippen LogP contribution in [-0.2, 0) is 4.79 Å². The number of rotatable bonds is 4. The van der Waals surface area contributed by atoms with Crippen LogP contribution in [0.5, 0.6) is 0 Å². The Morgan fingerprint density at radius 1 is 1.24 bits per heavy atom. The van der Waals surface area contributed by atoms with E-state index in [4.69, 9.17) is 6.42 Å². The van der Waals surface area contributed by atoms with Gasteiger partial charge >= 0.3 is 0 Å². The molecule has 2 atom stereocenters. The number of carbonyl (C=O) groups excluding carboxylic acids is 2. The van der Waals surface area contributed by atoms with Gasteiger partial charge < -0.3 is 15.1 Å². The number of likely N-dealkylation sites (tertiary alicyclic amines) is 2. The molecule has 0 saturated carbocycles. The number of piperidine rings is 1. The summed E-state index contributed by atoms with van der Waals surface area (Å²) in [6.45, 7) is 3.48. The van der Waals surface area contributed by atoms with Crippen molar-refractivity contribution < 1.29 is 9.59 Å². The van der Waals surface area contributed by atoms with Gasteiger partial charge in [0.2, 0.25) is 5.91 Å². The number of hydrogen-bond donors (Lipinski definition) is 1. The highest BCUT2D eigenvalue weighted by molar-refractivity contribution is 9.10. The van der Waals surface area contributed by atoms with Gasteiger partial charge in [0.15, 0.2) is 0 Å². The summed E-state index contributed by atoms with van der Waals surface area (Å²) in [6.07, 6.45) is 8.33. The van der Waals surface area contributed by atoms with Gasteiger partial charge in [0.25, 0.3) is 5.91 Å². The van der Waals surface area contributed by atoms with Crippen LogP contribution in [0.3, 0.4) is 0 Å². The average molecular weight is 457 g/mol. The lowest BCUT2D eigenvalue weighted by molar-refractivity contribution is -0.131. The topological polar surface area (TPSA) is 76.4 Å². The minimum absolute atomic E-state index is 0.0291. The molecule has 2 unspecified atom stereocenters. The molecule has 0 aromatic heterocycles. The summed E-state index contributed by atoms with van der Waals surface area (Å²) in [5.41, 5.74) is 0.441. The van der Waals surface area contributed by atoms with Gasteiger partial charge in [-0.1, -0.05) is 21.9 Å². The zero-order chi connectivity index (χ0) is 21.0. The summed E-state index contributed by atoms with van der Waals surface area (Å²) in [5, 5.41) is 12.6. The lowest BCUT2D eigenvalue weighted by Crippen LogP contribution is -2.55. The lowest BCUT2D eigenvalue weighted by Gasteiger charge is -2.40. The molecule has 2 amide bonds. The molecular formula is C22H25BrN4O2.